The summed E-state index contributed by atoms with van der Waals surface area (Å²) in [5.74, 6) is 0.635. The van der Waals surface area contributed by atoms with Gasteiger partial charge in [-0.1, -0.05) is 39.0 Å². The number of hydrogen-bond donors (Lipinski definition) is 0. The second-order valence-corrected chi connectivity index (χ2v) is 5.93. The highest BCUT2D eigenvalue weighted by Gasteiger charge is 2.80. The van der Waals surface area contributed by atoms with Crippen molar-refractivity contribution in [3.05, 3.63) is 29.8 Å². The number of esters is 1. The summed E-state index contributed by atoms with van der Waals surface area (Å²) in [6.07, 6.45) is 0. The van der Waals surface area contributed by atoms with Crippen LogP contribution in [-0.4, -0.2) is 25.3 Å². The van der Waals surface area contributed by atoms with Crippen molar-refractivity contribution in [2.75, 3.05) is 13.7 Å². The van der Waals surface area contributed by atoms with Crippen molar-refractivity contribution in [2.45, 2.75) is 32.0 Å². The molecule has 20 heavy (non-hydrogen) atoms. The van der Waals surface area contributed by atoms with Crippen LogP contribution in [0.2, 0.25) is 0 Å². The van der Waals surface area contributed by atoms with E-state index in [1.54, 1.807) is 0 Å². The molecule has 0 radical (unpaired) electrons. The topological polar surface area (TPSA) is 48.1 Å². The number of methoxy groups -OCH3 is 1. The molecule has 4 nitrogen and oxygen atoms in total. The molecule has 1 fully saturated rings. The molecule has 108 valence electrons. The minimum atomic E-state index is -0.902. The zero-order valence-electron chi connectivity index (χ0n) is 12.3. The van der Waals surface area contributed by atoms with Crippen LogP contribution in [0.15, 0.2) is 24.3 Å². The summed E-state index contributed by atoms with van der Waals surface area (Å²) >= 11 is 0. The first kappa shape index (κ1) is 13.4. The second-order valence-electron chi connectivity index (χ2n) is 5.93. The number of fused-ring (bicyclic) bond motifs is 2. The Morgan fingerprint density at radius 3 is 2.75 bits per heavy atom. The number of epoxide rings is 1. The van der Waals surface area contributed by atoms with Gasteiger partial charge in [0.2, 0.25) is 5.60 Å². The number of para-hydroxylation sites is 1. The lowest BCUT2D eigenvalue weighted by molar-refractivity contribution is -0.148. The van der Waals surface area contributed by atoms with E-state index < -0.39 is 11.2 Å². The molecule has 0 bridgehead atoms. The van der Waals surface area contributed by atoms with Gasteiger partial charge < -0.3 is 14.2 Å². The predicted molar refractivity (Wildman–Crippen MR) is 73.4 cm³/mol. The van der Waals surface area contributed by atoms with Gasteiger partial charge >= 0.3 is 5.97 Å². The van der Waals surface area contributed by atoms with E-state index in [2.05, 4.69) is 6.92 Å². The van der Waals surface area contributed by atoms with Crippen LogP contribution in [0.4, 0.5) is 0 Å². The van der Waals surface area contributed by atoms with Gasteiger partial charge in [-0.3, -0.25) is 0 Å². The largest absolute Gasteiger partial charge is 0.493 e. The first-order valence-corrected chi connectivity index (χ1v) is 7.01. The predicted octanol–water partition coefficient (Wildman–Crippen LogP) is 2.51. The van der Waals surface area contributed by atoms with Gasteiger partial charge in [0, 0.05) is 11.5 Å². The molecule has 1 aromatic rings. The van der Waals surface area contributed by atoms with E-state index in [-0.39, 0.29) is 17.8 Å². The lowest BCUT2D eigenvalue weighted by atomic mass is 9.72. The van der Waals surface area contributed by atoms with Crippen molar-refractivity contribution < 1.29 is 19.0 Å². The fourth-order valence-corrected chi connectivity index (χ4v) is 3.57. The maximum Gasteiger partial charge on any atom is 0.341 e. The van der Waals surface area contributed by atoms with E-state index in [1.165, 1.54) is 7.11 Å². The Labute approximate surface area is 119 Å². The summed E-state index contributed by atoms with van der Waals surface area (Å²) in [6.45, 7) is 6.60. The van der Waals surface area contributed by atoms with Crippen molar-refractivity contribution in [2.24, 2.45) is 11.8 Å². The van der Waals surface area contributed by atoms with Crippen molar-refractivity contribution in [3.63, 3.8) is 0 Å². The highest BCUT2D eigenvalue weighted by atomic mass is 16.7. The van der Waals surface area contributed by atoms with Gasteiger partial charge in [0.25, 0.3) is 0 Å². The van der Waals surface area contributed by atoms with Crippen molar-refractivity contribution in [3.8, 4) is 5.75 Å². The third-order valence-electron chi connectivity index (χ3n) is 4.60. The minimum Gasteiger partial charge on any atom is -0.493 e. The molecule has 1 aromatic carbocycles. The van der Waals surface area contributed by atoms with Gasteiger partial charge in [0.05, 0.1) is 13.7 Å². The third kappa shape index (κ3) is 1.37. The van der Waals surface area contributed by atoms with Gasteiger partial charge in [0.1, 0.15) is 11.4 Å². The summed E-state index contributed by atoms with van der Waals surface area (Å²) in [5.41, 5.74) is -0.567. The molecule has 3 rings (SSSR count). The first-order valence-electron chi connectivity index (χ1n) is 7.01. The highest BCUT2D eigenvalue weighted by molar-refractivity contribution is 5.86. The summed E-state index contributed by atoms with van der Waals surface area (Å²) in [7, 11) is 1.41. The van der Waals surface area contributed by atoms with Gasteiger partial charge in [-0.05, 0) is 12.0 Å². The summed E-state index contributed by atoms with van der Waals surface area (Å²) in [4.78, 5) is 12.4. The molecule has 3 unspecified atom stereocenters. The second kappa shape index (κ2) is 4.22. The smallest absolute Gasteiger partial charge is 0.341 e. The van der Waals surface area contributed by atoms with Gasteiger partial charge in [-0.2, -0.15) is 0 Å². The molecule has 2 aliphatic rings. The maximum atomic E-state index is 12.4. The summed E-state index contributed by atoms with van der Waals surface area (Å²) in [5, 5.41) is 0. The Balaban J connectivity index is 2.16. The molecule has 2 heterocycles. The molecular weight excluding hydrogens is 256 g/mol. The van der Waals surface area contributed by atoms with Crippen molar-refractivity contribution >= 4 is 5.97 Å². The van der Waals surface area contributed by atoms with Crippen molar-refractivity contribution in [1.29, 1.82) is 0 Å². The fourth-order valence-electron chi connectivity index (χ4n) is 3.57. The van der Waals surface area contributed by atoms with E-state index in [4.69, 9.17) is 14.2 Å². The number of rotatable bonds is 2. The van der Waals surface area contributed by atoms with Crippen LogP contribution in [0.5, 0.6) is 5.75 Å². The van der Waals surface area contributed by atoms with Crippen LogP contribution in [0.3, 0.4) is 0 Å². The number of ether oxygens (including phenoxy) is 3. The minimum absolute atomic E-state index is 0.0311. The number of hydrogen-bond acceptors (Lipinski definition) is 4. The monoisotopic (exact) mass is 276 g/mol. The average Bonchev–Trinajstić information content (AvgIpc) is 3.15. The van der Waals surface area contributed by atoms with E-state index in [1.807, 2.05) is 38.1 Å². The number of carbonyl (C=O) groups excluding carboxylic acids is 1. The average molecular weight is 276 g/mol. The molecular formula is C16H20O4. The molecule has 0 saturated carbocycles. The third-order valence-corrected chi connectivity index (χ3v) is 4.60. The van der Waals surface area contributed by atoms with Crippen LogP contribution in [0, 0.1) is 11.8 Å². The quantitative estimate of drug-likeness (QED) is 0.615. The van der Waals surface area contributed by atoms with Crippen LogP contribution in [-0.2, 0) is 19.9 Å². The lowest BCUT2D eigenvalue weighted by Gasteiger charge is -2.32. The van der Waals surface area contributed by atoms with Crippen LogP contribution >= 0.6 is 0 Å². The van der Waals surface area contributed by atoms with E-state index >= 15 is 0 Å². The van der Waals surface area contributed by atoms with E-state index in [0.29, 0.717) is 6.61 Å². The Morgan fingerprint density at radius 2 is 2.10 bits per heavy atom. The number of carbonyl (C=O) groups is 1. The SMILES string of the molecule is COC(=O)C1(C(C)C)OC12c1ccccc1OCC2C. The Kier molecular flexibility index (Phi) is 2.83. The van der Waals surface area contributed by atoms with E-state index in [0.717, 1.165) is 11.3 Å². The molecule has 0 N–H and O–H groups in total. The Morgan fingerprint density at radius 1 is 1.40 bits per heavy atom. The molecule has 1 spiro atoms. The molecule has 3 atom stereocenters. The highest BCUT2D eigenvalue weighted by Crippen LogP contribution is 2.67. The first-order chi connectivity index (χ1) is 9.50. The fraction of sp³-hybridized carbons (Fsp3) is 0.562. The summed E-state index contributed by atoms with van der Waals surface area (Å²) < 4.78 is 16.9. The maximum absolute atomic E-state index is 12.4. The zero-order valence-corrected chi connectivity index (χ0v) is 12.3. The van der Waals surface area contributed by atoms with Gasteiger partial charge in [0.15, 0.2) is 0 Å². The Hall–Kier alpha value is -1.55. The number of benzene rings is 1. The van der Waals surface area contributed by atoms with Crippen LogP contribution < -0.4 is 4.74 Å². The molecule has 0 aliphatic carbocycles. The molecule has 0 aromatic heterocycles. The van der Waals surface area contributed by atoms with Crippen molar-refractivity contribution in [1.82, 2.24) is 0 Å². The van der Waals surface area contributed by atoms with Gasteiger partial charge in [-0.15, -0.1) is 0 Å². The lowest BCUT2D eigenvalue weighted by Crippen LogP contribution is -2.44. The normalized spacial score (nSPS) is 34.5. The standard InChI is InChI=1S/C16H20O4/c1-10(2)15(14(17)18-4)16(20-15)11(3)9-19-13-8-6-5-7-12(13)16/h5-8,10-11H,9H2,1-4H3. The molecule has 4 heteroatoms. The summed E-state index contributed by atoms with van der Waals surface area (Å²) in [6, 6.07) is 7.79. The molecule has 2 aliphatic heterocycles. The van der Waals surface area contributed by atoms with Gasteiger partial charge in [-0.25, -0.2) is 4.79 Å². The molecule has 1 saturated heterocycles. The Bertz CT molecular complexity index is 553. The van der Waals surface area contributed by atoms with E-state index in [9.17, 15) is 4.79 Å². The van der Waals surface area contributed by atoms with Crippen LogP contribution in [0.25, 0.3) is 0 Å². The molecule has 0 amide bonds. The zero-order chi connectivity index (χ0) is 14.5. The van der Waals surface area contributed by atoms with Crippen LogP contribution in [0.1, 0.15) is 26.3 Å².